The summed E-state index contributed by atoms with van der Waals surface area (Å²) in [6, 6.07) is 10.4. The van der Waals surface area contributed by atoms with Crippen molar-refractivity contribution in [2.75, 3.05) is 0 Å². The van der Waals surface area contributed by atoms with Crippen molar-refractivity contribution in [3.8, 4) is 11.1 Å². The summed E-state index contributed by atoms with van der Waals surface area (Å²) in [5.74, 6) is 0. The summed E-state index contributed by atoms with van der Waals surface area (Å²) in [5, 5.41) is 0. The van der Waals surface area contributed by atoms with Crippen molar-refractivity contribution >= 4 is 6.29 Å². The van der Waals surface area contributed by atoms with Crippen LogP contribution in [0.25, 0.3) is 11.1 Å². The van der Waals surface area contributed by atoms with Gasteiger partial charge in [0.15, 0.2) is 0 Å². The second-order valence-corrected chi connectivity index (χ2v) is 5.14. The van der Waals surface area contributed by atoms with E-state index in [-0.39, 0.29) is 5.41 Å². The maximum atomic E-state index is 11.3. The van der Waals surface area contributed by atoms with E-state index in [1.165, 1.54) is 11.1 Å². The number of carbonyl (C=O) groups excluding carboxylic acids is 1. The number of hydrogen-bond donors (Lipinski definition) is 0. The van der Waals surface area contributed by atoms with Gasteiger partial charge in [-0.15, -0.1) is 0 Å². The van der Waals surface area contributed by atoms with Crippen LogP contribution in [0.4, 0.5) is 0 Å². The van der Waals surface area contributed by atoms with Crippen LogP contribution in [0.3, 0.4) is 0 Å². The van der Waals surface area contributed by atoms with Crippen LogP contribution in [-0.2, 0) is 16.6 Å². The Morgan fingerprint density at radius 2 is 1.94 bits per heavy atom. The number of pyridine rings is 1. The predicted molar refractivity (Wildman–Crippen MR) is 71.4 cm³/mol. The molecule has 0 saturated carbocycles. The SMILES string of the molecule is CC1(C=O)CCc2ccc(-c3ccncc3)cc21. The van der Waals surface area contributed by atoms with E-state index < -0.39 is 0 Å². The minimum Gasteiger partial charge on any atom is -0.302 e. The molecule has 1 aliphatic carbocycles. The molecule has 1 aromatic heterocycles. The molecular weight excluding hydrogens is 222 g/mol. The maximum Gasteiger partial charge on any atom is 0.130 e. The third-order valence-electron chi connectivity index (χ3n) is 3.91. The number of carbonyl (C=O) groups is 1. The fraction of sp³-hybridized carbons (Fsp3) is 0.250. The summed E-state index contributed by atoms with van der Waals surface area (Å²) in [4.78, 5) is 15.4. The third-order valence-corrected chi connectivity index (χ3v) is 3.91. The molecule has 0 aliphatic heterocycles. The average Bonchev–Trinajstić information content (AvgIpc) is 2.78. The summed E-state index contributed by atoms with van der Waals surface area (Å²) < 4.78 is 0. The highest BCUT2D eigenvalue weighted by Crippen LogP contribution is 2.39. The Labute approximate surface area is 107 Å². The van der Waals surface area contributed by atoms with Gasteiger partial charge < -0.3 is 4.79 Å². The number of rotatable bonds is 2. The molecule has 1 aliphatic rings. The van der Waals surface area contributed by atoms with Crippen LogP contribution in [0.15, 0.2) is 42.7 Å². The number of fused-ring (bicyclic) bond motifs is 1. The Morgan fingerprint density at radius 3 is 2.67 bits per heavy atom. The highest BCUT2D eigenvalue weighted by atomic mass is 16.1. The third kappa shape index (κ3) is 1.65. The van der Waals surface area contributed by atoms with Gasteiger partial charge in [-0.05, 0) is 60.2 Å². The number of nitrogens with zero attached hydrogens (tertiary/aromatic N) is 1. The lowest BCUT2D eigenvalue weighted by Gasteiger charge is -2.18. The summed E-state index contributed by atoms with van der Waals surface area (Å²) in [6.45, 7) is 2.03. The first-order valence-corrected chi connectivity index (χ1v) is 6.23. The molecule has 1 unspecified atom stereocenters. The number of benzene rings is 1. The van der Waals surface area contributed by atoms with Gasteiger partial charge in [0, 0.05) is 17.8 Å². The van der Waals surface area contributed by atoms with E-state index in [0.717, 1.165) is 30.3 Å². The molecule has 1 atom stereocenters. The zero-order valence-corrected chi connectivity index (χ0v) is 10.4. The highest BCUT2D eigenvalue weighted by molar-refractivity contribution is 5.74. The molecule has 0 amide bonds. The zero-order valence-electron chi connectivity index (χ0n) is 10.4. The summed E-state index contributed by atoms with van der Waals surface area (Å²) in [6.07, 6.45) is 6.60. The lowest BCUT2D eigenvalue weighted by Crippen LogP contribution is -2.19. The number of aryl methyl sites for hydroxylation is 1. The molecule has 0 bridgehead atoms. The molecule has 2 heteroatoms. The molecule has 2 aromatic rings. The fourth-order valence-electron chi connectivity index (χ4n) is 2.70. The first-order chi connectivity index (χ1) is 8.73. The second-order valence-electron chi connectivity index (χ2n) is 5.14. The minimum absolute atomic E-state index is 0.307. The Hall–Kier alpha value is -1.96. The van der Waals surface area contributed by atoms with Crippen molar-refractivity contribution in [2.45, 2.75) is 25.2 Å². The second kappa shape index (κ2) is 4.05. The smallest absolute Gasteiger partial charge is 0.130 e. The lowest BCUT2D eigenvalue weighted by molar-refractivity contribution is -0.112. The van der Waals surface area contributed by atoms with Crippen LogP contribution in [0.5, 0.6) is 0 Å². The molecule has 0 saturated heterocycles. The molecule has 2 nitrogen and oxygen atoms in total. The summed E-state index contributed by atoms with van der Waals surface area (Å²) in [7, 11) is 0. The van der Waals surface area contributed by atoms with Gasteiger partial charge in [0.25, 0.3) is 0 Å². The lowest BCUT2D eigenvalue weighted by atomic mass is 9.84. The Kier molecular flexibility index (Phi) is 2.51. The van der Waals surface area contributed by atoms with Gasteiger partial charge in [-0.2, -0.15) is 0 Å². The highest BCUT2D eigenvalue weighted by Gasteiger charge is 2.34. The van der Waals surface area contributed by atoms with Gasteiger partial charge in [-0.3, -0.25) is 4.98 Å². The Balaban J connectivity index is 2.12. The Bertz CT molecular complexity index is 591. The molecule has 0 N–H and O–H groups in total. The molecule has 1 aromatic carbocycles. The molecular formula is C16H15NO. The molecule has 18 heavy (non-hydrogen) atoms. The zero-order chi connectivity index (χ0) is 12.6. The normalized spacial score (nSPS) is 21.6. The standard InChI is InChI=1S/C16H15NO/c1-16(11-18)7-4-13-2-3-14(10-15(13)16)12-5-8-17-9-6-12/h2-3,5-6,8-11H,4,7H2,1H3. The van der Waals surface area contributed by atoms with Gasteiger partial charge in [0.05, 0.1) is 0 Å². The molecule has 3 rings (SSSR count). The van der Waals surface area contributed by atoms with Crippen molar-refractivity contribution in [3.63, 3.8) is 0 Å². The van der Waals surface area contributed by atoms with Crippen LogP contribution >= 0.6 is 0 Å². The first kappa shape index (κ1) is 11.1. The van der Waals surface area contributed by atoms with Gasteiger partial charge >= 0.3 is 0 Å². The average molecular weight is 237 g/mol. The Morgan fingerprint density at radius 1 is 1.17 bits per heavy atom. The van der Waals surface area contributed by atoms with E-state index in [2.05, 4.69) is 23.2 Å². The predicted octanol–water partition coefficient (Wildman–Crippen LogP) is 3.15. The molecule has 1 heterocycles. The van der Waals surface area contributed by atoms with E-state index in [1.807, 2.05) is 19.1 Å². The molecule has 90 valence electrons. The first-order valence-electron chi connectivity index (χ1n) is 6.23. The monoisotopic (exact) mass is 237 g/mol. The van der Waals surface area contributed by atoms with Gasteiger partial charge in [0.2, 0.25) is 0 Å². The molecule has 0 spiro atoms. The largest absolute Gasteiger partial charge is 0.302 e. The number of aldehydes is 1. The maximum absolute atomic E-state index is 11.3. The quantitative estimate of drug-likeness (QED) is 0.751. The fourth-order valence-corrected chi connectivity index (χ4v) is 2.70. The summed E-state index contributed by atoms with van der Waals surface area (Å²) in [5.41, 5.74) is 4.49. The van der Waals surface area contributed by atoms with E-state index in [4.69, 9.17) is 0 Å². The van der Waals surface area contributed by atoms with Crippen molar-refractivity contribution in [2.24, 2.45) is 0 Å². The van der Waals surface area contributed by atoms with E-state index in [0.29, 0.717) is 0 Å². The number of aromatic nitrogens is 1. The summed E-state index contributed by atoms with van der Waals surface area (Å²) >= 11 is 0. The minimum atomic E-state index is -0.307. The van der Waals surface area contributed by atoms with Crippen molar-refractivity contribution in [1.82, 2.24) is 4.98 Å². The van der Waals surface area contributed by atoms with Crippen LogP contribution < -0.4 is 0 Å². The van der Waals surface area contributed by atoms with Crippen molar-refractivity contribution in [1.29, 1.82) is 0 Å². The van der Waals surface area contributed by atoms with Crippen LogP contribution in [-0.4, -0.2) is 11.3 Å². The van der Waals surface area contributed by atoms with Crippen LogP contribution in [0.2, 0.25) is 0 Å². The van der Waals surface area contributed by atoms with E-state index >= 15 is 0 Å². The van der Waals surface area contributed by atoms with Gasteiger partial charge in [0.1, 0.15) is 6.29 Å². The van der Waals surface area contributed by atoms with Crippen LogP contribution in [0.1, 0.15) is 24.5 Å². The number of hydrogen-bond acceptors (Lipinski definition) is 2. The topological polar surface area (TPSA) is 30.0 Å². The van der Waals surface area contributed by atoms with Crippen molar-refractivity contribution in [3.05, 3.63) is 53.9 Å². The van der Waals surface area contributed by atoms with Crippen LogP contribution in [0, 0.1) is 0 Å². The van der Waals surface area contributed by atoms with E-state index in [9.17, 15) is 4.79 Å². The van der Waals surface area contributed by atoms with Gasteiger partial charge in [-0.25, -0.2) is 0 Å². The van der Waals surface area contributed by atoms with E-state index in [1.54, 1.807) is 12.4 Å². The molecule has 0 fully saturated rings. The van der Waals surface area contributed by atoms with Gasteiger partial charge in [-0.1, -0.05) is 12.1 Å². The van der Waals surface area contributed by atoms with Crippen molar-refractivity contribution < 1.29 is 4.79 Å². The molecule has 0 radical (unpaired) electrons.